The third-order valence-electron chi connectivity index (χ3n) is 4.21. The van der Waals surface area contributed by atoms with Gasteiger partial charge in [-0.15, -0.1) is 22.7 Å². The second-order valence-electron chi connectivity index (χ2n) is 5.64. The first-order valence-electron chi connectivity index (χ1n) is 7.59. The van der Waals surface area contributed by atoms with Crippen LogP contribution in [0.25, 0.3) is 20.8 Å². The number of aryl methyl sites for hydroxylation is 1. The Morgan fingerprint density at radius 2 is 1.76 bits per heavy atom. The van der Waals surface area contributed by atoms with Crippen molar-refractivity contribution in [3.63, 3.8) is 0 Å². The van der Waals surface area contributed by atoms with E-state index in [2.05, 4.69) is 18.2 Å². The van der Waals surface area contributed by atoms with Gasteiger partial charge in [-0.05, 0) is 43.4 Å². The minimum absolute atomic E-state index is 0.959. The Bertz CT molecular complexity index is 752. The van der Waals surface area contributed by atoms with Gasteiger partial charge in [0.1, 0.15) is 5.01 Å². The molecule has 4 rings (SSSR count). The van der Waals surface area contributed by atoms with Crippen molar-refractivity contribution in [1.29, 1.82) is 0 Å². The number of benzene rings is 1. The first-order valence-corrected chi connectivity index (χ1v) is 9.22. The number of rotatable bonds is 1. The lowest BCUT2D eigenvalue weighted by molar-refractivity contribution is 0.623. The molecule has 0 unspecified atom stereocenters. The molecule has 108 valence electrons. The quantitative estimate of drug-likeness (QED) is 0.665. The molecule has 1 aromatic carbocycles. The molecule has 0 atom stereocenters. The maximum absolute atomic E-state index is 6.36. The summed E-state index contributed by atoms with van der Waals surface area (Å²) in [7, 11) is 0. The molecule has 21 heavy (non-hydrogen) atoms. The number of nitrogen functional groups attached to an aromatic ring is 1. The van der Waals surface area contributed by atoms with Crippen LogP contribution in [-0.2, 0) is 12.8 Å². The summed E-state index contributed by atoms with van der Waals surface area (Å²) in [5, 5.41) is 2.06. The highest BCUT2D eigenvalue weighted by Crippen LogP contribution is 2.43. The Balaban J connectivity index is 1.87. The van der Waals surface area contributed by atoms with Crippen LogP contribution >= 0.6 is 22.7 Å². The molecule has 1 aliphatic rings. The van der Waals surface area contributed by atoms with Crippen LogP contribution in [0.3, 0.4) is 0 Å². The number of hydrogen-bond acceptors (Lipinski definition) is 4. The molecule has 0 spiro atoms. The zero-order chi connectivity index (χ0) is 14.2. The minimum Gasteiger partial charge on any atom is -0.390 e. The molecular formula is C17H18N2S2. The van der Waals surface area contributed by atoms with Crippen molar-refractivity contribution in [2.75, 3.05) is 5.73 Å². The monoisotopic (exact) mass is 314 g/mol. The molecule has 0 bridgehead atoms. The SMILES string of the molecule is Nc1sc2c(c1-c1nc3ccccc3s1)CCCCCC2. The van der Waals surface area contributed by atoms with E-state index < -0.39 is 0 Å². The predicted molar refractivity (Wildman–Crippen MR) is 93.2 cm³/mol. The molecule has 1 aliphatic carbocycles. The zero-order valence-electron chi connectivity index (χ0n) is 11.9. The average molecular weight is 314 g/mol. The number of fused-ring (bicyclic) bond motifs is 2. The molecule has 0 radical (unpaired) electrons. The van der Waals surface area contributed by atoms with Crippen LogP contribution in [0.4, 0.5) is 5.00 Å². The molecule has 0 saturated heterocycles. The Labute approximate surface area is 132 Å². The highest BCUT2D eigenvalue weighted by molar-refractivity contribution is 7.22. The normalized spacial score (nSPS) is 15.6. The van der Waals surface area contributed by atoms with Crippen LogP contribution in [0, 0.1) is 0 Å². The van der Waals surface area contributed by atoms with E-state index in [1.807, 2.05) is 6.07 Å². The number of anilines is 1. The summed E-state index contributed by atoms with van der Waals surface area (Å²) in [4.78, 5) is 6.32. The minimum atomic E-state index is 0.959. The second-order valence-corrected chi connectivity index (χ2v) is 7.81. The lowest BCUT2D eigenvalue weighted by Crippen LogP contribution is -1.97. The molecule has 4 heteroatoms. The van der Waals surface area contributed by atoms with Crippen LogP contribution in [0.15, 0.2) is 24.3 Å². The first kappa shape index (κ1) is 13.3. The van der Waals surface area contributed by atoms with Gasteiger partial charge in [0.05, 0.1) is 15.2 Å². The van der Waals surface area contributed by atoms with Crippen LogP contribution in [0.2, 0.25) is 0 Å². The molecule has 0 fully saturated rings. The summed E-state index contributed by atoms with van der Waals surface area (Å²) in [6.07, 6.45) is 7.62. The van der Waals surface area contributed by atoms with E-state index in [9.17, 15) is 0 Å². The second kappa shape index (κ2) is 5.43. The van der Waals surface area contributed by atoms with E-state index in [0.29, 0.717) is 0 Å². The Morgan fingerprint density at radius 3 is 2.62 bits per heavy atom. The lowest BCUT2D eigenvalue weighted by atomic mass is 9.97. The number of para-hydroxylation sites is 1. The van der Waals surface area contributed by atoms with E-state index >= 15 is 0 Å². The van der Waals surface area contributed by atoms with Crippen LogP contribution < -0.4 is 5.73 Å². The van der Waals surface area contributed by atoms with Gasteiger partial charge in [0.2, 0.25) is 0 Å². The van der Waals surface area contributed by atoms with Gasteiger partial charge in [0, 0.05) is 10.4 Å². The summed E-state index contributed by atoms with van der Waals surface area (Å²) in [5.41, 5.74) is 10.2. The van der Waals surface area contributed by atoms with Gasteiger partial charge in [-0.3, -0.25) is 0 Å². The fourth-order valence-electron chi connectivity index (χ4n) is 3.15. The van der Waals surface area contributed by atoms with Gasteiger partial charge >= 0.3 is 0 Å². The maximum Gasteiger partial charge on any atom is 0.127 e. The third kappa shape index (κ3) is 2.36. The molecule has 2 heterocycles. The van der Waals surface area contributed by atoms with Crippen molar-refractivity contribution in [3.05, 3.63) is 34.7 Å². The van der Waals surface area contributed by atoms with Crippen molar-refractivity contribution in [3.8, 4) is 10.6 Å². The Hall–Kier alpha value is -1.39. The number of nitrogens with zero attached hydrogens (tertiary/aromatic N) is 1. The van der Waals surface area contributed by atoms with Crippen LogP contribution in [0.1, 0.15) is 36.1 Å². The van der Waals surface area contributed by atoms with E-state index in [4.69, 9.17) is 10.7 Å². The standard InChI is InChI=1S/C17H18N2S2/c18-16-15(11-7-3-1-2-4-9-13(11)20-16)17-19-12-8-5-6-10-14(12)21-17/h5-6,8,10H,1-4,7,9,18H2. The van der Waals surface area contributed by atoms with E-state index in [1.54, 1.807) is 22.7 Å². The highest BCUT2D eigenvalue weighted by atomic mass is 32.1. The topological polar surface area (TPSA) is 38.9 Å². The third-order valence-corrected chi connectivity index (χ3v) is 6.38. The molecule has 3 aromatic rings. The molecule has 2 N–H and O–H groups in total. The number of thiazole rings is 1. The maximum atomic E-state index is 6.36. The molecule has 0 aliphatic heterocycles. The molecule has 0 saturated carbocycles. The molecular weight excluding hydrogens is 296 g/mol. The number of hydrogen-bond donors (Lipinski definition) is 1. The van der Waals surface area contributed by atoms with Crippen LogP contribution in [0.5, 0.6) is 0 Å². The van der Waals surface area contributed by atoms with E-state index in [-0.39, 0.29) is 0 Å². The van der Waals surface area contributed by atoms with Crippen molar-refractivity contribution >= 4 is 37.9 Å². The zero-order valence-corrected chi connectivity index (χ0v) is 13.5. The fraction of sp³-hybridized carbons (Fsp3) is 0.353. The summed E-state index contributed by atoms with van der Waals surface area (Å²) in [6, 6.07) is 8.35. The molecule has 0 amide bonds. The summed E-state index contributed by atoms with van der Waals surface area (Å²) in [5.74, 6) is 0. The molecule has 2 aromatic heterocycles. The Kier molecular flexibility index (Phi) is 3.43. The summed E-state index contributed by atoms with van der Waals surface area (Å²) < 4.78 is 1.25. The van der Waals surface area contributed by atoms with Crippen molar-refractivity contribution < 1.29 is 0 Å². The number of thiophene rings is 1. The van der Waals surface area contributed by atoms with Crippen molar-refractivity contribution in [2.24, 2.45) is 0 Å². The first-order chi connectivity index (χ1) is 10.3. The predicted octanol–water partition coefficient (Wildman–Crippen LogP) is 5.27. The highest BCUT2D eigenvalue weighted by Gasteiger charge is 2.21. The smallest absolute Gasteiger partial charge is 0.127 e. The van der Waals surface area contributed by atoms with E-state index in [0.717, 1.165) is 21.9 Å². The average Bonchev–Trinajstić information content (AvgIpc) is 3.00. The van der Waals surface area contributed by atoms with Crippen molar-refractivity contribution in [1.82, 2.24) is 4.98 Å². The number of nitrogens with two attached hydrogens (primary N) is 1. The summed E-state index contributed by atoms with van der Waals surface area (Å²) >= 11 is 3.56. The van der Waals surface area contributed by atoms with E-state index in [1.165, 1.54) is 52.8 Å². The molecule has 2 nitrogen and oxygen atoms in total. The number of aromatic nitrogens is 1. The van der Waals surface area contributed by atoms with Gasteiger partial charge in [-0.2, -0.15) is 0 Å². The van der Waals surface area contributed by atoms with Crippen molar-refractivity contribution in [2.45, 2.75) is 38.5 Å². The lowest BCUT2D eigenvalue weighted by Gasteiger charge is -2.10. The van der Waals surface area contributed by atoms with Gasteiger partial charge in [-0.1, -0.05) is 25.0 Å². The summed E-state index contributed by atoms with van der Waals surface area (Å²) in [6.45, 7) is 0. The fourth-order valence-corrected chi connectivity index (χ4v) is 5.43. The van der Waals surface area contributed by atoms with Gasteiger partial charge < -0.3 is 5.73 Å². The Morgan fingerprint density at radius 1 is 0.952 bits per heavy atom. The van der Waals surface area contributed by atoms with Gasteiger partial charge in [-0.25, -0.2) is 4.98 Å². The largest absolute Gasteiger partial charge is 0.390 e. The van der Waals surface area contributed by atoms with Gasteiger partial charge in [0.25, 0.3) is 0 Å². The van der Waals surface area contributed by atoms with Gasteiger partial charge in [0.15, 0.2) is 0 Å². The van der Waals surface area contributed by atoms with Crippen LogP contribution in [-0.4, -0.2) is 4.98 Å².